The van der Waals surface area contributed by atoms with Gasteiger partial charge in [0.05, 0.1) is 0 Å². The van der Waals surface area contributed by atoms with Crippen molar-refractivity contribution in [3.05, 3.63) is 30.1 Å². The van der Waals surface area contributed by atoms with Crippen molar-refractivity contribution in [2.24, 2.45) is 5.41 Å². The van der Waals surface area contributed by atoms with Crippen molar-refractivity contribution in [1.82, 2.24) is 4.98 Å². The molecule has 0 saturated heterocycles. The summed E-state index contributed by atoms with van der Waals surface area (Å²) in [5.41, 5.74) is 9.40. The van der Waals surface area contributed by atoms with Crippen LogP contribution in [0.15, 0.2) is 24.4 Å². The van der Waals surface area contributed by atoms with E-state index in [1.54, 1.807) is 0 Å². The first kappa shape index (κ1) is 11.3. The van der Waals surface area contributed by atoms with Gasteiger partial charge >= 0.3 is 0 Å². The molecule has 0 aliphatic heterocycles. The number of rotatable bonds is 2. The van der Waals surface area contributed by atoms with E-state index in [9.17, 15) is 0 Å². The lowest BCUT2D eigenvalue weighted by Crippen LogP contribution is -2.09. The number of aryl methyl sites for hydroxylation is 1. The molecular weight excluding hydrogens is 222 g/mol. The fraction of sp³-hybridized carbons (Fsp3) is 0.400. The van der Waals surface area contributed by atoms with Crippen molar-refractivity contribution in [3.8, 4) is 0 Å². The van der Waals surface area contributed by atoms with Crippen LogP contribution in [0.4, 0.5) is 11.4 Å². The lowest BCUT2D eigenvalue weighted by Gasteiger charge is -2.13. The first-order valence-corrected chi connectivity index (χ1v) is 6.39. The fourth-order valence-electron chi connectivity index (χ4n) is 2.39. The smallest absolute Gasteiger partial charge is 0.0424 e. The molecule has 1 fully saturated rings. The van der Waals surface area contributed by atoms with Gasteiger partial charge in [-0.25, -0.2) is 0 Å². The Kier molecular flexibility index (Phi) is 2.27. The van der Waals surface area contributed by atoms with Gasteiger partial charge in [-0.3, -0.25) is 4.98 Å². The Bertz CT molecular complexity index is 616. The van der Waals surface area contributed by atoms with Gasteiger partial charge in [-0.1, -0.05) is 13.8 Å². The minimum absolute atomic E-state index is 0.412. The number of anilines is 2. The summed E-state index contributed by atoms with van der Waals surface area (Å²) in [6.45, 7) is 6.58. The van der Waals surface area contributed by atoms with Gasteiger partial charge in [0.25, 0.3) is 0 Å². The predicted molar refractivity (Wildman–Crippen MR) is 76.7 cm³/mol. The van der Waals surface area contributed by atoms with Crippen LogP contribution in [0.5, 0.6) is 0 Å². The lowest BCUT2D eigenvalue weighted by molar-refractivity contribution is 0.631. The molecule has 2 aromatic rings. The average Bonchev–Trinajstić information content (AvgIpc) is 2.90. The molecule has 0 spiro atoms. The molecule has 3 nitrogen and oxygen atoms in total. The predicted octanol–water partition coefficient (Wildman–Crippen LogP) is 3.34. The van der Waals surface area contributed by atoms with Crippen LogP contribution < -0.4 is 11.1 Å². The second-order valence-corrected chi connectivity index (χ2v) is 5.96. The number of fused-ring (bicyclic) bond motifs is 1. The maximum absolute atomic E-state index is 6.01. The number of pyridine rings is 1. The normalized spacial score (nSPS) is 20.9. The Balaban J connectivity index is 2.06. The second-order valence-electron chi connectivity index (χ2n) is 5.96. The number of aromatic nitrogens is 1. The minimum Gasteiger partial charge on any atom is -0.398 e. The van der Waals surface area contributed by atoms with Crippen molar-refractivity contribution < 1.29 is 0 Å². The zero-order chi connectivity index (χ0) is 12.9. The summed E-state index contributed by atoms with van der Waals surface area (Å²) in [6, 6.07) is 6.70. The van der Waals surface area contributed by atoms with Crippen molar-refractivity contribution in [2.45, 2.75) is 33.2 Å². The summed E-state index contributed by atoms with van der Waals surface area (Å²) < 4.78 is 0. The van der Waals surface area contributed by atoms with E-state index in [1.165, 1.54) is 17.5 Å². The molecule has 1 aliphatic carbocycles. The maximum atomic E-state index is 6.01. The summed E-state index contributed by atoms with van der Waals surface area (Å²) in [4.78, 5) is 4.32. The molecule has 1 aromatic carbocycles. The molecule has 1 atom stereocenters. The largest absolute Gasteiger partial charge is 0.398 e. The number of nitrogens with zero attached hydrogens (tertiary/aromatic N) is 1. The van der Waals surface area contributed by atoms with E-state index in [2.05, 4.69) is 36.3 Å². The summed E-state index contributed by atoms with van der Waals surface area (Å²) in [5, 5.41) is 5.82. The molecule has 0 radical (unpaired) electrons. The van der Waals surface area contributed by atoms with Gasteiger partial charge < -0.3 is 11.1 Å². The summed E-state index contributed by atoms with van der Waals surface area (Å²) in [6.07, 6.45) is 3.09. The Morgan fingerprint density at radius 2 is 2.06 bits per heavy atom. The summed E-state index contributed by atoms with van der Waals surface area (Å²) in [5.74, 6) is 0. The second kappa shape index (κ2) is 3.61. The van der Waals surface area contributed by atoms with Crippen LogP contribution in [0, 0.1) is 12.3 Å². The van der Waals surface area contributed by atoms with Gasteiger partial charge in [0.2, 0.25) is 0 Å². The zero-order valence-corrected chi connectivity index (χ0v) is 11.1. The van der Waals surface area contributed by atoms with Gasteiger partial charge in [-0.2, -0.15) is 0 Å². The van der Waals surface area contributed by atoms with E-state index in [4.69, 9.17) is 5.73 Å². The molecule has 1 heterocycles. The number of hydrogen-bond acceptors (Lipinski definition) is 3. The maximum Gasteiger partial charge on any atom is 0.0424 e. The van der Waals surface area contributed by atoms with Gasteiger partial charge in [-0.15, -0.1) is 0 Å². The Morgan fingerprint density at radius 1 is 1.33 bits per heavy atom. The van der Waals surface area contributed by atoms with E-state index >= 15 is 0 Å². The minimum atomic E-state index is 0.412. The molecule has 3 rings (SSSR count). The fourth-order valence-corrected chi connectivity index (χ4v) is 2.39. The van der Waals surface area contributed by atoms with Gasteiger partial charge in [0.1, 0.15) is 0 Å². The summed E-state index contributed by atoms with van der Waals surface area (Å²) >= 11 is 0. The molecule has 1 saturated carbocycles. The third-order valence-electron chi connectivity index (χ3n) is 3.91. The monoisotopic (exact) mass is 241 g/mol. The van der Waals surface area contributed by atoms with Gasteiger partial charge in [-0.05, 0) is 37.0 Å². The molecule has 3 N–H and O–H groups in total. The molecule has 18 heavy (non-hydrogen) atoms. The first-order chi connectivity index (χ1) is 8.47. The molecule has 1 unspecified atom stereocenters. The molecule has 3 heteroatoms. The van der Waals surface area contributed by atoms with Crippen molar-refractivity contribution >= 4 is 22.1 Å². The van der Waals surface area contributed by atoms with E-state index < -0.39 is 0 Å². The van der Waals surface area contributed by atoms with E-state index in [1.807, 2.05) is 19.2 Å². The molecule has 0 amide bonds. The third-order valence-corrected chi connectivity index (χ3v) is 3.91. The molecule has 1 aromatic heterocycles. The summed E-state index contributed by atoms with van der Waals surface area (Å²) in [7, 11) is 0. The standard InChI is InChI=1S/C15H19N3/c1-9-6-10-11(8-17-9)12(16)4-5-13(10)18-14-7-15(14,2)3/h4-6,8,14,18H,7,16H2,1-3H3. The number of hydrogen-bond donors (Lipinski definition) is 2. The zero-order valence-electron chi connectivity index (χ0n) is 11.1. The average molecular weight is 241 g/mol. The molecule has 1 aliphatic rings. The van der Waals surface area contributed by atoms with Gasteiger partial charge in [0.15, 0.2) is 0 Å². The van der Waals surface area contributed by atoms with Crippen molar-refractivity contribution in [1.29, 1.82) is 0 Å². The topological polar surface area (TPSA) is 50.9 Å². The molecular formula is C15H19N3. The molecule has 94 valence electrons. The number of benzene rings is 1. The Hall–Kier alpha value is -1.77. The van der Waals surface area contributed by atoms with E-state index in [0.29, 0.717) is 11.5 Å². The highest BCUT2D eigenvalue weighted by molar-refractivity contribution is 6.00. The van der Waals surface area contributed by atoms with E-state index in [0.717, 1.165) is 16.8 Å². The van der Waals surface area contributed by atoms with Crippen LogP contribution in [0.1, 0.15) is 26.0 Å². The SMILES string of the molecule is Cc1cc2c(NC3CC3(C)C)ccc(N)c2cn1. The highest BCUT2D eigenvalue weighted by Gasteiger charge is 2.45. The van der Waals surface area contributed by atoms with Crippen LogP contribution in [0.2, 0.25) is 0 Å². The Morgan fingerprint density at radius 3 is 2.72 bits per heavy atom. The van der Waals surface area contributed by atoms with Crippen molar-refractivity contribution in [2.75, 3.05) is 11.1 Å². The highest BCUT2D eigenvalue weighted by atomic mass is 15.0. The number of nitrogen functional groups attached to an aromatic ring is 1. The quantitative estimate of drug-likeness (QED) is 0.793. The lowest BCUT2D eigenvalue weighted by atomic mass is 10.1. The third kappa shape index (κ3) is 1.80. The van der Waals surface area contributed by atoms with Crippen LogP contribution in [-0.2, 0) is 0 Å². The number of nitrogens with one attached hydrogen (secondary N) is 1. The Labute approximate surface area is 107 Å². The van der Waals surface area contributed by atoms with Crippen LogP contribution >= 0.6 is 0 Å². The van der Waals surface area contributed by atoms with Crippen molar-refractivity contribution in [3.63, 3.8) is 0 Å². The highest BCUT2D eigenvalue weighted by Crippen LogP contribution is 2.47. The van der Waals surface area contributed by atoms with Crippen LogP contribution in [0.25, 0.3) is 10.8 Å². The first-order valence-electron chi connectivity index (χ1n) is 6.39. The van der Waals surface area contributed by atoms with Gasteiger partial charge in [0, 0.05) is 40.1 Å². The number of nitrogens with two attached hydrogens (primary N) is 1. The molecule has 0 bridgehead atoms. The van der Waals surface area contributed by atoms with Crippen LogP contribution in [-0.4, -0.2) is 11.0 Å². The van der Waals surface area contributed by atoms with Crippen LogP contribution in [0.3, 0.4) is 0 Å². The van der Waals surface area contributed by atoms with E-state index in [-0.39, 0.29) is 0 Å².